The summed E-state index contributed by atoms with van der Waals surface area (Å²) in [6.45, 7) is 11.2. The van der Waals surface area contributed by atoms with Crippen LogP contribution in [-0.2, 0) is 16.7 Å². The normalized spacial score (nSPS) is 18.9. The summed E-state index contributed by atoms with van der Waals surface area (Å²) in [7, 11) is 5.54. The second-order valence-corrected chi connectivity index (χ2v) is 17.0. The van der Waals surface area contributed by atoms with Crippen LogP contribution in [0, 0.1) is 34.5 Å². The summed E-state index contributed by atoms with van der Waals surface area (Å²) in [6, 6.07) is 28.0. The Labute approximate surface area is 375 Å². The standard InChI is InChI=1S/C29H32N6O2.C14H19NO.C8H12O.CH4/c1-29(2,3)37-33-25(19-9-7-6-8-10-19)20-11-14-22(15-12-20)34(4)27-23(18-31)28(36)35(5)24-16-13-21(17-30)32-26(24)27;1-15-13-9-7-12(8-10-13)14(16)11-5-3-2-4-6-11;1-4-5-6-7(2)8(3)9;/h6-10,13,16,20,22H,11-12,14-15H2,1-5H3;2-6,12-13,15H,7-10H2,1H3;4-6H,1-3H3;1H4/b33-25+;;5-4-,7-6+;. The lowest BCUT2D eigenvalue weighted by Gasteiger charge is -2.37. The van der Waals surface area contributed by atoms with Crippen LogP contribution in [0.1, 0.15) is 128 Å². The number of nitriles is 2. The number of Topliss-reactive ketones (excluding diaryl/α,β-unsaturated/α-hetero) is 2. The number of benzene rings is 2. The predicted octanol–water partition coefficient (Wildman–Crippen LogP) is 10.3. The Bertz CT molecular complexity index is 2370. The molecule has 0 unspecified atom stereocenters. The third-order valence-electron chi connectivity index (χ3n) is 11.6. The molecule has 2 aromatic carbocycles. The molecule has 0 aliphatic heterocycles. The van der Waals surface area contributed by atoms with E-state index in [1.54, 1.807) is 26.1 Å². The van der Waals surface area contributed by atoms with Gasteiger partial charge in [0.1, 0.15) is 34.5 Å². The molecule has 1 N–H and O–H groups in total. The van der Waals surface area contributed by atoms with Crippen LogP contribution in [0.25, 0.3) is 11.0 Å². The highest BCUT2D eigenvalue weighted by atomic mass is 16.6. The summed E-state index contributed by atoms with van der Waals surface area (Å²) in [5, 5.41) is 27.2. The Morgan fingerprint density at radius 3 is 1.95 bits per heavy atom. The van der Waals surface area contributed by atoms with Gasteiger partial charge in [0, 0.05) is 43.6 Å². The van der Waals surface area contributed by atoms with Crippen LogP contribution in [0.15, 0.2) is 107 Å². The van der Waals surface area contributed by atoms with Crippen molar-refractivity contribution in [3.63, 3.8) is 0 Å². The maximum absolute atomic E-state index is 13.0. The first kappa shape index (κ1) is 51.2. The second kappa shape index (κ2) is 24.5. The summed E-state index contributed by atoms with van der Waals surface area (Å²) < 4.78 is 1.42. The number of aryl methyl sites for hydroxylation is 1. The molecule has 0 radical (unpaired) electrons. The highest BCUT2D eigenvalue weighted by Crippen LogP contribution is 2.35. The number of ketones is 2. The quantitative estimate of drug-likeness (QED) is 0.0540. The van der Waals surface area contributed by atoms with Gasteiger partial charge in [0.2, 0.25) is 0 Å². The molecule has 2 aliphatic rings. The van der Waals surface area contributed by atoms with Gasteiger partial charge in [-0.25, -0.2) is 4.98 Å². The van der Waals surface area contributed by atoms with Crippen molar-refractivity contribution in [2.24, 2.45) is 24.0 Å². The summed E-state index contributed by atoms with van der Waals surface area (Å²) in [6.07, 6.45) is 13.3. The monoisotopic (exact) mass is 854 g/mol. The number of fused-ring (bicyclic) bond motifs is 1. The van der Waals surface area contributed by atoms with Crippen LogP contribution < -0.4 is 15.8 Å². The molecule has 2 aromatic heterocycles. The van der Waals surface area contributed by atoms with E-state index in [4.69, 9.17) is 4.84 Å². The van der Waals surface area contributed by atoms with Crippen molar-refractivity contribution in [1.82, 2.24) is 14.9 Å². The zero-order valence-electron chi connectivity index (χ0n) is 37.9. The van der Waals surface area contributed by atoms with Gasteiger partial charge in [0.15, 0.2) is 11.6 Å². The smallest absolute Gasteiger partial charge is 0.270 e. The molecule has 11 nitrogen and oxygen atoms in total. The number of allylic oxidation sites excluding steroid dienone is 4. The van der Waals surface area contributed by atoms with Crippen LogP contribution in [0.5, 0.6) is 0 Å². The van der Waals surface area contributed by atoms with Gasteiger partial charge in [-0.05, 0) is 123 Å². The van der Waals surface area contributed by atoms with Crippen LogP contribution in [0.3, 0.4) is 0 Å². The van der Waals surface area contributed by atoms with E-state index < -0.39 is 0 Å². The minimum Gasteiger partial charge on any atom is -0.390 e. The topological polar surface area (TPSA) is 153 Å². The zero-order chi connectivity index (χ0) is 45.4. The molecule has 2 saturated carbocycles. The number of carbonyl (C=O) groups is 2. The summed E-state index contributed by atoms with van der Waals surface area (Å²) in [5.74, 6) is 0.934. The lowest BCUT2D eigenvalue weighted by Crippen LogP contribution is -2.39. The average Bonchev–Trinajstić information content (AvgIpc) is 3.29. The number of rotatable bonds is 10. The molecule has 334 valence electrons. The van der Waals surface area contributed by atoms with Gasteiger partial charge >= 0.3 is 0 Å². The number of carbonyl (C=O) groups excluding carboxylic acids is 2. The number of pyridine rings is 2. The van der Waals surface area contributed by atoms with E-state index >= 15 is 0 Å². The van der Waals surface area contributed by atoms with Crippen molar-refractivity contribution in [2.75, 3.05) is 19.0 Å². The molecule has 0 spiro atoms. The fourth-order valence-corrected chi connectivity index (χ4v) is 7.82. The molecule has 63 heavy (non-hydrogen) atoms. The summed E-state index contributed by atoms with van der Waals surface area (Å²) in [5.41, 5.74) is 4.80. The summed E-state index contributed by atoms with van der Waals surface area (Å²) in [4.78, 5) is 48.1. The van der Waals surface area contributed by atoms with Crippen molar-refractivity contribution in [3.8, 4) is 12.1 Å². The Kier molecular flexibility index (Phi) is 19.9. The maximum atomic E-state index is 13.0. The number of nitrogens with zero attached hydrogens (tertiary/aromatic N) is 6. The largest absolute Gasteiger partial charge is 0.390 e. The Morgan fingerprint density at radius 2 is 1.44 bits per heavy atom. The minimum absolute atomic E-state index is 0. The first-order chi connectivity index (χ1) is 29.6. The van der Waals surface area contributed by atoms with E-state index in [0.717, 1.165) is 73.8 Å². The van der Waals surface area contributed by atoms with E-state index in [1.165, 1.54) is 4.57 Å². The second-order valence-electron chi connectivity index (χ2n) is 17.0. The lowest BCUT2D eigenvalue weighted by atomic mass is 9.80. The molecule has 4 aromatic rings. The van der Waals surface area contributed by atoms with Gasteiger partial charge in [0.05, 0.1) is 16.9 Å². The Morgan fingerprint density at radius 1 is 0.873 bits per heavy atom. The molecule has 0 atom stereocenters. The number of oxime groups is 1. The van der Waals surface area contributed by atoms with Gasteiger partial charge in [0.25, 0.3) is 5.56 Å². The third kappa shape index (κ3) is 14.2. The fraction of sp³-hybridized carbons (Fsp3) is 0.442. The maximum Gasteiger partial charge on any atom is 0.270 e. The van der Waals surface area contributed by atoms with Gasteiger partial charge in [-0.15, -0.1) is 0 Å². The Balaban J connectivity index is 0.000000333. The van der Waals surface area contributed by atoms with E-state index in [-0.39, 0.29) is 53.5 Å². The van der Waals surface area contributed by atoms with Gasteiger partial charge in [-0.1, -0.05) is 91.5 Å². The predicted molar refractivity (Wildman–Crippen MR) is 256 cm³/mol. The zero-order valence-corrected chi connectivity index (χ0v) is 37.9. The Hall–Kier alpha value is -6.17. The number of hydrogen-bond acceptors (Lipinski definition) is 10. The fourth-order valence-electron chi connectivity index (χ4n) is 7.82. The number of hydrogen-bond donors (Lipinski definition) is 1. The van der Waals surface area contributed by atoms with E-state index in [2.05, 4.69) is 39.7 Å². The number of aromatic nitrogens is 2. The minimum atomic E-state index is -0.388. The molecule has 0 saturated heterocycles. The molecular formula is C52H67N7O4. The summed E-state index contributed by atoms with van der Waals surface area (Å²) >= 11 is 0. The first-order valence-electron chi connectivity index (χ1n) is 21.6. The highest BCUT2D eigenvalue weighted by Gasteiger charge is 2.32. The molecule has 2 fully saturated rings. The van der Waals surface area contributed by atoms with Crippen molar-refractivity contribution in [1.29, 1.82) is 10.5 Å². The van der Waals surface area contributed by atoms with Crippen molar-refractivity contribution < 1.29 is 14.4 Å². The van der Waals surface area contributed by atoms with E-state index in [9.17, 15) is 24.9 Å². The molecule has 0 amide bonds. The highest BCUT2D eigenvalue weighted by molar-refractivity contribution is 6.02. The number of nitrogens with one attached hydrogen (secondary N) is 1. The number of anilines is 1. The first-order valence-corrected chi connectivity index (χ1v) is 21.6. The lowest BCUT2D eigenvalue weighted by molar-refractivity contribution is -0.113. The van der Waals surface area contributed by atoms with Crippen LogP contribution >= 0.6 is 0 Å². The third-order valence-corrected chi connectivity index (χ3v) is 11.6. The SMILES string of the molecule is C.C/C=C\C=C(/C)C(C)=O.CN(c1c(C#N)c(=O)n(C)c2ccc(C#N)nc12)C1CCC(/C(=N/OC(C)(C)C)c2ccccc2)CC1.CNC1CCC(C(=O)c2ccccc2)CC1. The van der Waals surface area contributed by atoms with E-state index in [1.807, 2.05) is 120 Å². The molecule has 0 bridgehead atoms. The van der Waals surface area contributed by atoms with E-state index in [0.29, 0.717) is 28.5 Å². The van der Waals surface area contributed by atoms with Crippen molar-refractivity contribution in [3.05, 3.63) is 129 Å². The van der Waals surface area contributed by atoms with Crippen molar-refractivity contribution >= 4 is 34.0 Å². The molecular weight excluding hydrogens is 787 g/mol. The molecule has 11 heteroatoms. The van der Waals surface area contributed by atoms with Gasteiger partial charge in [-0.3, -0.25) is 14.4 Å². The molecule has 2 aliphatic carbocycles. The van der Waals surface area contributed by atoms with Gasteiger partial charge in [-0.2, -0.15) is 10.5 Å². The van der Waals surface area contributed by atoms with Crippen LogP contribution in [0.4, 0.5) is 5.69 Å². The van der Waals surface area contributed by atoms with Crippen LogP contribution in [0.2, 0.25) is 0 Å². The molecule has 6 rings (SSSR count). The van der Waals surface area contributed by atoms with Crippen molar-refractivity contribution in [2.45, 2.75) is 118 Å². The average molecular weight is 854 g/mol. The van der Waals surface area contributed by atoms with Crippen LogP contribution in [-0.4, -0.2) is 58.6 Å². The molecule has 2 heterocycles. The van der Waals surface area contributed by atoms with Gasteiger partial charge < -0.3 is 19.6 Å².